The first-order valence-corrected chi connectivity index (χ1v) is 6.97. The summed E-state index contributed by atoms with van der Waals surface area (Å²) in [6.07, 6.45) is 1.34. The topological polar surface area (TPSA) is 63.4 Å². The number of hydrogen-bond acceptors (Lipinski definition) is 3. The smallest absolute Gasteiger partial charge is 0.218 e. The molecule has 0 heterocycles. The fourth-order valence-corrected chi connectivity index (χ4v) is 3.34. The molecule has 0 radical (unpaired) electrons. The van der Waals surface area contributed by atoms with Crippen molar-refractivity contribution in [3.63, 3.8) is 0 Å². The van der Waals surface area contributed by atoms with Gasteiger partial charge in [0, 0.05) is 11.3 Å². The molecule has 0 spiro atoms. The fraction of sp³-hybridized carbons (Fsp3) is 0.375. The van der Waals surface area contributed by atoms with Gasteiger partial charge in [0.1, 0.15) is 0 Å². The van der Waals surface area contributed by atoms with E-state index in [4.69, 9.17) is 0 Å². The standard InChI is InChI=1S/C16H17NO3/c18-16(14-9-4-10-15(14)17(19)20)13-8-3-6-11-5-1-2-7-12(11)13/h1-3,5-8,14-16,18H,4,9-10H2. The molecule has 1 saturated carbocycles. The second-order valence-corrected chi connectivity index (χ2v) is 5.46. The molecule has 3 unspecified atom stereocenters. The Kier molecular flexibility index (Phi) is 3.40. The molecule has 1 aliphatic carbocycles. The van der Waals surface area contributed by atoms with Gasteiger partial charge >= 0.3 is 0 Å². The minimum atomic E-state index is -0.765. The van der Waals surface area contributed by atoms with Crippen LogP contribution in [-0.2, 0) is 0 Å². The Labute approximate surface area is 117 Å². The molecule has 3 rings (SSSR count). The molecule has 0 aliphatic heterocycles. The lowest BCUT2D eigenvalue weighted by Gasteiger charge is -2.21. The van der Waals surface area contributed by atoms with Crippen molar-refractivity contribution >= 4 is 10.8 Å². The molecule has 0 bridgehead atoms. The highest BCUT2D eigenvalue weighted by atomic mass is 16.6. The molecule has 104 valence electrons. The van der Waals surface area contributed by atoms with Gasteiger partial charge in [-0.25, -0.2) is 0 Å². The highest BCUT2D eigenvalue weighted by Gasteiger charge is 2.41. The summed E-state index contributed by atoms with van der Waals surface area (Å²) in [5.41, 5.74) is 0.807. The van der Waals surface area contributed by atoms with Crippen molar-refractivity contribution in [2.45, 2.75) is 31.4 Å². The molecular weight excluding hydrogens is 254 g/mol. The quantitative estimate of drug-likeness (QED) is 0.688. The van der Waals surface area contributed by atoms with E-state index in [0.29, 0.717) is 6.42 Å². The molecule has 0 saturated heterocycles. The van der Waals surface area contributed by atoms with Gasteiger partial charge in [0.15, 0.2) is 0 Å². The van der Waals surface area contributed by atoms with Crippen LogP contribution in [0.2, 0.25) is 0 Å². The summed E-state index contributed by atoms with van der Waals surface area (Å²) >= 11 is 0. The zero-order valence-electron chi connectivity index (χ0n) is 11.1. The highest BCUT2D eigenvalue weighted by molar-refractivity contribution is 5.86. The Morgan fingerprint density at radius 2 is 1.90 bits per heavy atom. The number of hydrogen-bond donors (Lipinski definition) is 1. The number of nitrogens with zero attached hydrogens (tertiary/aromatic N) is 1. The van der Waals surface area contributed by atoms with Crippen molar-refractivity contribution in [2.75, 3.05) is 0 Å². The zero-order valence-corrected chi connectivity index (χ0v) is 11.1. The summed E-state index contributed by atoms with van der Waals surface area (Å²) in [5.74, 6) is -0.282. The minimum absolute atomic E-state index is 0.230. The van der Waals surface area contributed by atoms with E-state index in [9.17, 15) is 15.2 Å². The van der Waals surface area contributed by atoms with E-state index in [1.807, 2.05) is 42.5 Å². The van der Waals surface area contributed by atoms with Crippen molar-refractivity contribution in [1.29, 1.82) is 0 Å². The van der Waals surface area contributed by atoms with Crippen molar-refractivity contribution in [3.8, 4) is 0 Å². The molecule has 3 atom stereocenters. The Balaban J connectivity index is 2.00. The molecule has 2 aromatic carbocycles. The van der Waals surface area contributed by atoms with Gasteiger partial charge in [0.05, 0.1) is 12.0 Å². The van der Waals surface area contributed by atoms with Gasteiger partial charge in [-0.15, -0.1) is 0 Å². The van der Waals surface area contributed by atoms with Crippen LogP contribution in [0.3, 0.4) is 0 Å². The highest BCUT2D eigenvalue weighted by Crippen LogP contribution is 2.39. The average Bonchev–Trinajstić information content (AvgIpc) is 2.95. The molecule has 1 fully saturated rings. The van der Waals surface area contributed by atoms with Gasteiger partial charge in [-0.3, -0.25) is 10.1 Å². The van der Waals surface area contributed by atoms with Crippen molar-refractivity contribution < 1.29 is 10.0 Å². The molecule has 0 amide bonds. The molecule has 1 aliphatic rings. The van der Waals surface area contributed by atoms with Gasteiger partial charge < -0.3 is 5.11 Å². The monoisotopic (exact) mass is 271 g/mol. The van der Waals surface area contributed by atoms with E-state index >= 15 is 0 Å². The number of aliphatic hydroxyl groups excluding tert-OH is 1. The lowest BCUT2D eigenvalue weighted by molar-refractivity contribution is -0.531. The number of aliphatic hydroxyl groups is 1. The third-order valence-corrected chi connectivity index (χ3v) is 4.35. The van der Waals surface area contributed by atoms with Crippen molar-refractivity contribution in [3.05, 3.63) is 58.1 Å². The SMILES string of the molecule is O=[N+]([O-])C1CCCC1C(O)c1cccc2ccccc12. The Morgan fingerprint density at radius 3 is 2.70 bits per heavy atom. The van der Waals surface area contributed by atoms with Gasteiger partial charge in [-0.1, -0.05) is 42.5 Å². The summed E-state index contributed by atoms with van der Waals surface area (Å²) in [5, 5.41) is 23.8. The van der Waals surface area contributed by atoms with Crippen molar-refractivity contribution in [1.82, 2.24) is 0 Å². The lowest BCUT2D eigenvalue weighted by Crippen LogP contribution is -2.28. The maximum Gasteiger partial charge on any atom is 0.218 e. The molecule has 20 heavy (non-hydrogen) atoms. The predicted molar refractivity (Wildman–Crippen MR) is 77.0 cm³/mol. The first kappa shape index (κ1) is 13.1. The molecule has 2 aromatic rings. The van der Waals surface area contributed by atoms with Crippen LogP contribution in [0.15, 0.2) is 42.5 Å². The van der Waals surface area contributed by atoms with Crippen LogP contribution >= 0.6 is 0 Å². The van der Waals surface area contributed by atoms with Crippen molar-refractivity contribution in [2.24, 2.45) is 5.92 Å². The Bertz CT molecular complexity index is 635. The summed E-state index contributed by atoms with van der Waals surface area (Å²) < 4.78 is 0. The van der Waals surface area contributed by atoms with E-state index in [1.54, 1.807) is 0 Å². The summed E-state index contributed by atoms with van der Waals surface area (Å²) in [7, 11) is 0. The molecule has 4 heteroatoms. The third-order valence-electron chi connectivity index (χ3n) is 4.35. The summed E-state index contributed by atoms with van der Waals surface area (Å²) in [4.78, 5) is 10.9. The van der Waals surface area contributed by atoms with E-state index < -0.39 is 12.1 Å². The number of benzene rings is 2. The van der Waals surface area contributed by atoms with Crippen LogP contribution in [0.4, 0.5) is 0 Å². The van der Waals surface area contributed by atoms with E-state index in [0.717, 1.165) is 29.2 Å². The van der Waals surface area contributed by atoms with Gasteiger partial charge in [0.2, 0.25) is 6.04 Å². The normalized spacial score (nSPS) is 23.9. The van der Waals surface area contributed by atoms with Gasteiger partial charge in [-0.2, -0.15) is 0 Å². The number of nitro groups is 1. The van der Waals surface area contributed by atoms with E-state index in [1.165, 1.54) is 0 Å². The fourth-order valence-electron chi connectivity index (χ4n) is 3.34. The zero-order chi connectivity index (χ0) is 14.1. The molecule has 0 aromatic heterocycles. The molecule has 4 nitrogen and oxygen atoms in total. The van der Waals surface area contributed by atoms with Gasteiger partial charge in [0.25, 0.3) is 0 Å². The first-order chi connectivity index (χ1) is 9.68. The second kappa shape index (κ2) is 5.21. The largest absolute Gasteiger partial charge is 0.388 e. The van der Waals surface area contributed by atoms with Crippen LogP contribution in [0.25, 0.3) is 10.8 Å². The maximum atomic E-state index is 11.1. The van der Waals surface area contributed by atoms with E-state index in [2.05, 4.69) is 0 Å². The van der Waals surface area contributed by atoms with Crippen LogP contribution in [0.5, 0.6) is 0 Å². The third kappa shape index (κ3) is 2.16. The lowest BCUT2D eigenvalue weighted by atomic mass is 9.89. The molecular formula is C16H17NO3. The number of fused-ring (bicyclic) bond motifs is 1. The van der Waals surface area contributed by atoms with Crippen LogP contribution < -0.4 is 0 Å². The summed E-state index contributed by atoms with van der Waals surface area (Å²) in [6, 6.07) is 13.0. The first-order valence-electron chi connectivity index (χ1n) is 6.97. The number of rotatable bonds is 3. The van der Waals surface area contributed by atoms with Crippen LogP contribution in [0.1, 0.15) is 30.9 Å². The Morgan fingerprint density at radius 1 is 1.15 bits per heavy atom. The van der Waals surface area contributed by atoms with E-state index in [-0.39, 0.29) is 10.8 Å². The maximum absolute atomic E-state index is 11.1. The second-order valence-electron chi connectivity index (χ2n) is 5.46. The van der Waals surface area contributed by atoms with Gasteiger partial charge in [-0.05, 0) is 29.2 Å². The van der Waals surface area contributed by atoms with Crippen LogP contribution in [0, 0.1) is 16.0 Å². The Hall–Kier alpha value is -1.94. The summed E-state index contributed by atoms with van der Waals surface area (Å²) in [6.45, 7) is 0. The van der Waals surface area contributed by atoms with Crippen LogP contribution in [-0.4, -0.2) is 16.1 Å². The average molecular weight is 271 g/mol. The minimum Gasteiger partial charge on any atom is -0.388 e. The molecule has 1 N–H and O–H groups in total. The predicted octanol–water partition coefficient (Wildman–Crippen LogP) is 3.32.